The lowest BCUT2D eigenvalue weighted by Gasteiger charge is -2.42. The predicted octanol–water partition coefficient (Wildman–Crippen LogP) is 3.24. The Hall–Kier alpha value is -3.39. The van der Waals surface area contributed by atoms with Crippen molar-refractivity contribution in [3.8, 4) is 5.75 Å². The largest absolute Gasteiger partial charge is 0.490 e. The molecule has 0 aromatic heterocycles. The number of nitrogens with zero attached hydrogens (tertiary/aromatic N) is 1. The zero-order chi connectivity index (χ0) is 24.4. The van der Waals surface area contributed by atoms with Crippen LogP contribution in [0.4, 0.5) is 5.69 Å². The fourth-order valence-corrected chi connectivity index (χ4v) is 4.76. The minimum atomic E-state index is -0.315. The van der Waals surface area contributed by atoms with Gasteiger partial charge in [-0.25, -0.2) is 0 Å². The summed E-state index contributed by atoms with van der Waals surface area (Å²) in [6.07, 6.45) is 3.66. The number of amides is 3. The van der Waals surface area contributed by atoms with Crippen molar-refractivity contribution in [1.82, 2.24) is 10.2 Å². The summed E-state index contributed by atoms with van der Waals surface area (Å²) in [4.78, 5) is 39.9. The van der Waals surface area contributed by atoms with E-state index in [4.69, 9.17) is 9.47 Å². The lowest BCUT2D eigenvalue weighted by molar-refractivity contribution is -0.134. The highest BCUT2D eigenvalue weighted by molar-refractivity contribution is 6.05. The minimum Gasteiger partial charge on any atom is -0.490 e. The second-order valence-corrected chi connectivity index (χ2v) is 9.65. The van der Waals surface area contributed by atoms with Crippen LogP contribution in [0, 0.1) is 5.92 Å². The Balaban J connectivity index is 1.25. The van der Waals surface area contributed by atoms with E-state index in [-0.39, 0.29) is 42.6 Å². The van der Waals surface area contributed by atoms with E-state index in [1.807, 2.05) is 6.07 Å². The second kappa shape index (κ2) is 10.1. The Bertz CT molecular complexity index is 1100. The predicted molar refractivity (Wildman–Crippen MR) is 130 cm³/mol. The number of anilines is 1. The Morgan fingerprint density at radius 2 is 1.86 bits per heavy atom. The molecule has 8 nitrogen and oxygen atoms in total. The summed E-state index contributed by atoms with van der Waals surface area (Å²) >= 11 is 0. The van der Waals surface area contributed by atoms with Crippen molar-refractivity contribution in [2.45, 2.75) is 50.4 Å². The van der Waals surface area contributed by atoms with E-state index in [0.29, 0.717) is 41.3 Å². The molecular formula is C27H31N3O5. The van der Waals surface area contributed by atoms with E-state index >= 15 is 0 Å². The van der Waals surface area contributed by atoms with Gasteiger partial charge in [-0.05, 0) is 61.9 Å². The van der Waals surface area contributed by atoms with Gasteiger partial charge in [0.05, 0.1) is 24.1 Å². The molecule has 2 heterocycles. The Morgan fingerprint density at radius 1 is 1.06 bits per heavy atom. The summed E-state index contributed by atoms with van der Waals surface area (Å²) in [5.74, 6) is 0.681. The van der Waals surface area contributed by atoms with Crippen LogP contribution in [-0.2, 0) is 9.53 Å². The molecule has 1 aliphatic carbocycles. The zero-order valence-electron chi connectivity index (χ0n) is 19.9. The number of likely N-dealkylation sites (N-methyl/N-ethyl adjacent to an activating group) is 1. The third-order valence-corrected chi connectivity index (χ3v) is 7.00. The molecule has 184 valence electrons. The highest BCUT2D eigenvalue weighted by atomic mass is 16.5. The molecule has 2 aliphatic heterocycles. The number of fused-ring (bicyclic) bond motifs is 2. The van der Waals surface area contributed by atoms with Gasteiger partial charge in [-0.15, -0.1) is 0 Å². The normalized spacial score (nSPS) is 23.7. The first-order chi connectivity index (χ1) is 17.0. The SMILES string of the molecule is CN1C(=O)c2cc(NC(=O)c3ccccc3)ccc2OC[C@@H]2O[C@@H](CC(=O)NCC3CC3)CC[C@@H]21. The summed E-state index contributed by atoms with van der Waals surface area (Å²) < 4.78 is 12.3. The number of carbonyl (C=O) groups is 3. The van der Waals surface area contributed by atoms with E-state index in [1.54, 1.807) is 54.4 Å². The first kappa shape index (κ1) is 23.4. The summed E-state index contributed by atoms with van der Waals surface area (Å²) in [6, 6.07) is 13.9. The number of carbonyl (C=O) groups excluding carboxylic acids is 3. The molecule has 3 amide bonds. The van der Waals surface area contributed by atoms with Gasteiger partial charge in [0, 0.05) is 24.8 Å². The molecule has 5 rings (SSSR count). The van der Waals surface area contributed by atoms with E-state index in [9.17, 15) is 14.4 Å². The van der Waals surface area contributed by atoms with Gasteiger partial charge in [0.1, 0.15) is 18.5 Å². The van der Waals surface area contributed by atoms with Crippen molar-refractivity contribution in [2.24, 2.45) is 5.92 Å². The standard InChI is InChI=1S/C27H31N3O5/c1-30-22-11-10-20(14-25(31)28-15-17-7-8-17)35-24(22)16-34-23-12-9-19(13-21(23)27(30)33)29-26(32)18-5-3-2-4-6-18/h2-6,9,12-13,17,20,22,24H,7-8,10-11,14-16H2,1H3,(H,28,31)(H,29,32)/t20-,22+,24+/m1/s1. The Morgan fingerprint density at radius 3 is 2.63 bits per heavy atom. The van der Waals surface area contributed by atoms with Gasteiger partial charge in [-0.3, -0.25) is 14.4 Å². The number of ether oxygens (including phenoxy) is 2. The summed E-state index contributed by atoms with van der Waals surface area (Å²) in [5, 5.41) is 5.85. The molecule has 1 saturated carbocycles. The fraction of sp³-hybridized carbons (Fsp3) is 0.444. The molecule has 0 spiro atoms. The maximum absolute atomic E-state index is 13.4. The highest BCUT2D eigenvalue weighted by Gasteiger charge is 2.39. The fourth-order valence-electron chi connectivity index (χ4n) is 4.76. The third kappa shape index (κ3) is 5.48. The minimum absolute atomic E-state index is 0.0203. The van der Waals surface area contributed by atoms with E-state index in [0.717, 1.165) is 13.0 Å². The van der Waals surface area contributed by atoms with Crippen LogP contribution in [0.1, 0.15) is 52.8 Å². The summed E-state index contributed by atoms with van der Waals surface area (Å²) in [6.45, 7) is 1.04. The average Bonchev–Trinajstić information content (AvgIpc) is 3.70. The number of hydrogen-bond acceptors (Lipinski definition) is 5. The third-order valence-electron chi connectivity index (χ3n) is 7.00. The van der Waals surface area contributed by atoms with Crippen LogP contribution in [0.3, 0.4) is 0 Å². The van der Waals surface area contributed by atoms with Crippen LogP contribution in [0.2, 0.25) is 0 Å². The first-order valence-corrected chi connectivity index (χ1v) is 12.3. The molecule has 0 radical (unpaired) electrons. The molecule has 8 heteroatoms. The van der Waals surface area contributed by atoms with E-state index in [1.165, 1.54) is 12.8 Å². The molecule has 2 aromatic carbocycles. The molecular weight excluding hydrogens is 446 g/mol. The molecule has 3 atom stereocenters. The van der Waals surface area contributed by atoms with E-state index in [2.05, 4.69) is 10.6 Å². The van der Waals surface area contributed by atoms with Crippen molar-refractivity contribution in [2.75, 3.05) is 25.5 Å². The monoisotopic (exact) mass is 477 g/mol. The molecule has 2 aromatic rings. The first-order valence-electron chi connectivity index (χ1n) is 12.3. The maximum Gasteiger partial charge on any atom is 0.257 e. The molecule has 2 fully saturated rings. The van der Waals surface area contributed by atoms with Crippen LogP contribution in [0.25, 0.3) is 0 Å². The van der Waals surface area contributed by atoms with Crippen LogP contribution in [-0.4, -0.2) is 61.1 Å². The number of rotatable bonds is 6. The Labute approximate surface area is 205 Å². The number of hydrogen-bond donors (Lipinski definition) is 2. The molecule has 35 heavy (non-hydrogen) atoms. The van der Waals surface area contributed by atoms with Crippen LogP contribution < -0.4 is 15.4 Å². The second-order valence-electron chi connectivity index (χ2n) is 9.65. The average molecular weight is 478 g/mol. The van der Waals surface area contributed by atoms with Crippen molar-refractivity contribution < 1.29 is 23.9 Å². The number of nitrogens with one attached hydrogen (secondary N) is 2. The van der Waals surface area contributed by atoms with Gasteiger partial charge in [0.25, 0.3) is 11.8 Å². The topological polar surface area (TPSA) is 97.0 Å². The molecule has 2 N–H and O–H groups in total. The van der Waals surface area contributed by atoms with Crippen LogP contribution in [0.15, 0.2) is 48.5 Å². The Kier molecular flexibility index (Phi) is 6.72. The maximum atomic E-state index is 13.4. The summed E-state index contributed by atoms with van der Waals surface area (Å²) in [5.41, 5.74) is 1.47. The molecule has 0 unspecified atom stereocenters. The van der Waals surface area contributed by atoms with Gasteiger partial charge in [0.15, 0.2) is 0 Å². The smallest absolute Gasteiger partial charge is 0.257 e. The van der Waals surface area contributed by atoms with Crippen molar-refractivity contribution in [1.29, 1.82) is 0 Å². The quantitative estimate of drug-likeness (QED) is 0.666. The van der Waals surface area contributed by atoms with Crippen molar-refractivity contribution >= 4 is 23.4 Å². The molecule has 3 aliphatic rings. The highest BCUT2D eigenvalue weighted by Crippen LogP contribution is 2.33. The lowest BCUT2D eigenvalue weighted by Crippen LogP contribution is -2.54. The van der Waals surface area contributed by atoms with Gasteiger partial charge in [0.2, 0.25) is 5.91 Å². The molecule has 0 bridgehead atoms. The molecule has 1 saturated heterocycles. The van der Waals surface area contributed by atoms with E-state index < -0.39 is 0 Å². The van der Waals surface area contributed by atoms with Crippen LogP contribution >= 0.6 is 0 Å². The van der Waals surface area contributed by atoms with Gasteiger partial charge in [-0.1, -0.05) is 18.2 Å². The lowest BCUT2D eigenvalue weighted by atomic mass is 9.94. The van der Waals surface area contributed by atoms with Gasteiger partial charge < -0.3 is 25.0 Å². The van der Waals surface area contributed by atoms with Crippen LogP contribution in [0.5, 0.6) is 5.75 Å². The number of benzene rings is 2. The zero-order valence-corrected chi connectivity index (χ0v) is 19.9. The van der Waals surface area contributed by atoms with Gasteiger partial charge in [-0.2, -0.15) is 0 Å². The van der Waals surface area contributed by atoms with Crippen molar-refractivity contribution in [3.63, 3.8) is 0 Å². The van der Waals surface area contributed by atoms with Crippen molar-refractivity contribution in [3.05, 3.63) is 59.7 Å². The van der Waals surface area contributed by atoms with Gasteiger partial charge >= 0.3 is 0 Å². The summed E-state index contributed by atoms with van der Waals surface area (Å²) in [7, 11) is 1.77.